The molecule has 0 radical (unpaired) electrons. The van der Waals surface area contributed by atoms with Gasteiger partial charge in [-0.05, 0) is 30.7 Å². The predicted molar refractivity (Wildman–Crippen MR) is 81.3 cm³/mol. The summed E-state index contributed by atoms with van der Waals surface area (Å²) in [6, 6.07) is 9.54. The Morgan fingerprint density at radius 2 is 2.05 bits per heavy atom. The third-order valence-corrected chi connectivity index (χ3v) is 3.48. The predicted octanol–water partition coefficient (Wildman–Crippen LogP) is 3.55. The van der Waals surface area contributed by atoms with Crippen molar-refractivity contribution in [2.45, 2.75) is 6.92 Å². The number of nitrogens with zero attached hydrogens (tertiary/aromatic N) is 2. The number of pyridine rings is 1. The van der Waals surface area contributed by atoms with Gasteiger partial charge in [-0.1, -0.05) is 23.7 Å². The number of fused-ring (bicyclic) bond motifs is 1. The number of imidazole rings is 1. The van der Waals surface area contributed by atoms with E-state index >= 15 is 0 Å². The highest BCUT2D eigenvalue weighted by Crippen LogP contribution is 2.34. The summed E-state index contributed by atoms with van der Waals surface area (Å²) in [7, 11) is 1.63. The first-order valence-corrected chi connectivity index (χ1v) is 6.56. The standard InChI is InChI=1S/C15H14ClN3O/c1-9-7-10(16)8-19-14(17)13(18-15(9)19)11-5-3-4-6-12(11)20-2/h3-8H,17H2,1-2H3. The fourth-order valence-corrected chi connectivity index (χ4v) is 2.59. The van der Waals surface area contributed by atoms with Gasteiger partial charge < -0.3 is 10.5 Å². The molecule has 3 aromatic rings. The van der Waals surface area contributed by atoms with Crippen LogP contribution in [0.1, 0.15) is 5.56 Å². The highest BCUT2D eigenvalue weighted by molar-refractivity contribution is 6.30. The molecule has 2 heterocycles. The summed E-state index contributed by atoms with van der Waals surface area (Å²) < 4.78 is 7.18. The number of halogens is 1. The van der Waals surface area contributed by atoms with Crippen LogP contribution in [-0.4, -0.2) is 16.5 Å². The van der Waals surface area contributed by atoms with E-state index in [9.17, 15) is 0 Å². The Kier molecular flexibility index (Phi) is 3.03. The summed E-state index contributed by atoms with van der Waals surface area (Å²) >= 11 is 6.08. The molecule has 0 aliphatic heterocycles. The van der Waals surface area contributed by atoms with Crippen LogP contribution >= 0.6 is 11.6 Å². The molecule has 0 unspecified atom stereocenters. The van der Waals surface area contributed by atoms with Crippen molar-refractivity contribution in [3.05, 3.63) is 47.1 Å². The van der Waals surface area contributed by atoms with E-state index in [4.69, 9.17) is 22.1 Å². The average Bonchev–Trinajstić information content (AvgIpc) is 2.77. The first-order valence-electron chi connectivity index (χ1n) is 6.19. The maximum Gasteiger partial charge on any atom is 0.142 e. The Morgan fingerprint density at radius 1 is 1.30 bits per heavy atom. The van der Waals surface area contributed by atoms with Crippen molar-refractivity contribution in [2.75, 3.05) is 12.8 Å². The van der Waals surface area contributed by atoms with Crippen molar-refractivity contribution in [3.8, 4) is 17.0 Å². The lowest BCUT2D eigenvalue weighted by atomic mass is 10.1. The maximum atomic E-state index is 6.22. The van der Waals surface area contributed by atoms with Crippen molar-refractivity contribution in [1.29, 1.82) is 0 Å². The zero-order valence-electron chi connectivity index (χ0n) is 11.2. The van der Waals surface area contributed by atoms with Crippen LogP contribution in [0.4, 0.5) is 5.82 Å². The number of methoxy groups -OCH3 is 1. The van der Waals surface area contributed by atoms with Crippen molar-refractivity contribution >= 4 is 23.1 Å². The molecule has 0 atom stereocenters. The molecule has 0 aliphatic carbocycles. The summed E-state index contributed by atoms with van der Waals surface area (Å²) in [4.78, 5) is 4.63. The molecule has 2 N–H and O–H groups in total. The maximum absolute atomic E-state index is 6.22. The molecule has 0 aliphatic rings. The second-order valence-corrected chi connectivity index (χ2v) is 5.02. The number of aromatic nitrogens is 2. The van der Waals surface area contributed by atoms with Gasteiger partial charge in [-0.25, -0.2) is 4.98 Å². The third-order valence-electron chi connectivity index (χ3n) is 3.27. The van der Waals surface area contributed by atoms with Crippen LogP contribution in [0, 0.1) is 6.92 Å². The quantitative estimate of drug-likeness (QED) is 0.784. The Labute approximate surface area is 121 Å². The Balaban J connectivity index is 2.32. The fraction of sp³-hybridized carbons (Fsp3) is 0.133. The second kappa shape index (κ2) is 4.72. The number of ether oxygens (including phenoxy) is 1. The zero-order valence-corrected chi connectivity index (χ0v) is 12.0. The summed E-state index contributed by atoms with van der Waals surface area (Å²) in [6.07, 6.45) is 1.77. The molecule has 0 amide bonds. The normalized spacial score (nSPS) is 10.9. The summed E-state index contributed by atoms with van der Waals surface area (Å²) in [5.41, 5.74) is 9.56. The molecule has 1 aromatic carbocycles. The van der Waals surface area contributed by atoms with Crippen molar-refractivity contribution in [2.24, 2.45) is 0 Å². The summed E-state index contributed by atoms with van der Waals surface area (Å²) in [6.45, 7) is 1.96. The number of rotatable bonds is 2. The van der Waals surface area contributed by atoms with Gasteiger partial charge in [-0.15, -0.1) is 0 Å². The number of benzene rings is 1. The molecular weight excluding hydrogens is 274 g/mol. The van der Waals surface area contributed by atoms with Gasteiger partial charge in [0.25, 0.3) is 0 Å². The Hall–Kier alpha value is -2.20. The molecule has 0 fully saturated rings. The van der Waals surface area contributed by atoms with E-state index in [0.717, 1.165) is 22.5 Å². The minimum atomic E-state index is 0.551. The van der Waals surface area contributed by atoms with Gasteiger partial charge in [0.15, 0.2) is 0 Å². The van der Waals surface area contributed by atoms with E-state index in [2.05, 4.69) is 4.98 Å². The van der Waals surface area contributed by atoms with Gasteiger partial charge in [-0.2, -0.15) is 0 Å². The molecule has 0 saturated heterocycles. The van der Waals surface area contributed by atoms with Gasteiger partial charge in [0, 0.05) is 11.8 Å². The highest BCUT2D eigenvalue weighted by Gasteiger charge is 2.16. The first-order chi connectivity index (χ1) is 9.61. The molecule has 0 saturated carbocycles. The number of hydrogen-bond donors (Lipinski definition) is 1. The molecule has 0 spiro atoms. The molecule has 20 heavy (non-hydrogen) atoms. The van der Waals surface area contributed by atoms with Gasteiger partial charge in [0.2, 0.25) is 0 Å². The minimum absolute atomic E-state index is 0.551. The van der Waals surface area contributed by atoms with E-state index in [1.807, 2.05) is 37.3 Å². The molecule has 4 nitrogen and oxygen atoms in total. The van der Waals surface area contributed by atoms with E-state index in [-0.39, 0.29) is 0 Å². The van der Waals surface area contributed by atoms with Gasteiger partial charge in [-0.3, -0.25) is 4.40 Å². The lowest BCUT2D eigenvalue weighted by molar-refractivity contribution is 0.416. The van der Waals surface area contributed by atoms with Crippen LogP contribution in [0.25, 0.3) is 16.9 Å². The van der Waals surface area contributed by atoms with Crippen LogP contribution in [0.3, 0.4) is 0 Å². The van der Waals surface area contributed by atoms with E-state index < -0.39 is 0 Å². The topological polar surface area (TPSA) is 52.5 Å². The van der Waals surface area contributed by atoms with Gasteiger partial charge in [0.05, 0.1) is 12.1 Å². The van der Waals surface area contributed by atoms with Crippen LogP contribution in [-0.2, 0) is 0 Å². The largest absolute Gasteiger partial charge is 0.496 e. The smallest absolute Gasteiger partial charge is 0.142 e. The zero-order chi connectivity index (χ0) is 14.3. The Bertz CT molecular complexity index is 795. The lowest BCUT2D eigenvalue weighted by Crippen LogP contribution is -1.96. The molecule has 3 rings (SSSR count). The minimum Gasteiger partial charge on any atom is -0.496 e. The van der Waals surface area contributed by atoms with Crippen LogP contribution < -0.4 is 10.5 Å². The Morgan fingerprint density at radius 3 is 2.80 bits per heavy atom. The van der Waals surface area contributed by atoms with E-state index in [0.29, 0.717) is 16.5 Å². The number of nitrogen functional groups attached to an aromatic ring is 1. The van der Waals surface area contributed by atoms with Crippen LogP contribution in [0.15, 0.2) is 36.5 Å². The number of nitrogens with two attached hydrogens (primary N) is 1. The number of anilines is 1. The van der Waals surface area contributed by atoms with Gasteiger partial charge >= 0.3 is 0 Å². The van der Waals surface area contributed by atoms with E-state index in [1.165, 1.54) is 0 Å². The molecule has 2 aromatic heterocycles. The third kappa shape index (κ3) is 1.89. The summed E-state index contributed by atoms with van der Waals surface area (Å²) in [5, 5.41) is 0.630. The van der Waals surface area contributed by atoms with Crippen molar-refractivity contribution < 1.29 is 4.74 Å². The fourth-order valence-electron chi connectivity index (χ4n) is 2.32. The van der Waals surface area contributed by atoms with Crippen molar-refractivity contribution in [3.63, 3.8) is 0 Å². The average molecular weight is 288 g/mol. The lowest BCUT2D eigenvalue weighted by Gasteiger charge is -2.06. The van der Waals surface area contributed by atoms with Crippen molar-refractivity contribution in [1.82, 2.24) is 9.38 Å². The molecule has 5 heteroatoms. The van der Waals surface area contributed by atoms with Crippen LogP contribution in [0.5, 0.6) is 5.75 Å². The van der Waals surface area contributed by atoms with Crippen LogP contribution in [0.2, 0.25) is 5.02 Å². The SMILES string of the molecule is COc1ccccc1-c1nc2c(C)cc(Cl)cn2c1N. The summed E-state index contributed by atoms with van der Waals surface area (Å²) in [5.74, 6) is 1.29. The molecular formula is C15H14ClN3O. The molecule has 0 bridgehead atoms. The second-order valence-electron chi connectivity index (χ2n) is 4.58. The number of aryl methyl sites for hydroxylation is 1. The molecule has 102 valence electrons. The highest BCUT2D eigenvalue weighted by atomic mass is 35.5. The number of hydrogen-bond acceptors (Lipinski definition) is 3. The van der Waals surface area contributed by atoms with E-state index in [1.54, 1.807) is 17.7 Å². The first kappa shape index (κ1) is 12.8. The number of para-hydroxylation sites is 1. The monoisotopic (exact) mass is 287 g/mol. The van der Waals surface area contributed by atoms with Gasteiger partial charge in [0.1, 0.15) is 22.9 Å².